The van der Waals surface area contributed by atoms with E-state index in [2.05, 4.69) is 40.5 Å². The normalized spacial score (nSPS) is 17.8. The van der Waals surface area contributed by atoms with E-state index in [0.29, 0.717) is 0 Å². The van der Waals surface area contributed by atoms with Crippen molar-refractivity contribution < 1.29 is 19.1 Å². The van der Waals surface area contributed by atoms with Gasteiger partial charge < -0.3 is 0 Å². The third kappa shape index (κ3) is 4.37. The summed E-state index contributed by atoms with van der Waals surface area (Å²) in [5.74, 6) is -1.01. The van der Waals surface area contributed by atoms with Crippen LogP contribution in [0.3, 0.4) is 0 Å². The zero-order chi connectivity index (χ0) is 22.6. The monoisotopic (exact) mass is 534 g/mol. The van der Waals surface area contributed by atoms with Crippen LogP contribution in [0.1, 0.15) is 13.8 Å². The van der Waals surface area contributed by atoms with Gasteiger partial charge in [-0.1, -0.05) is 0 Å². The molecule has 1 unspecified atom stereocenters. The zero-order valence-corrected chi connectivity index (χ0v) is 21.1. The molecule has 0 aliphatic carbocycles. The Kier molecular flexibility index (Phi) is 6.51. The zero-order valence-electron chi connectivity index (χ0n) is 18.2. The average molecular weight is 533 g/mol. The first-order valence-corrected chi connectivity index (χ1v) is 16.6. The van der Waals surface area contributed by atoms with Crippen LogP contribution >= 0.6 is 0 Å². The topological polar surface area (TPSA) is 52.6 Å². The van der Waals surface area contributed by atoms with Gasteiger partial charge in [-0.05, 0) is 0 Å². The van der Waals surface area contributed by atoms with Gasteiger partial charge >= 0.3 is 193 Å². The van der Waals surface area contributed by atoms with Gasteiger partial charge in [0.2, 0.25) is 0 Å². The number of carbonyl (C=O) groups is 2. The minimum absolute atomic E-state index is 0.245. The van der Waals surface area contributed by atoms with E-state index in [9.17, 15) is 9.59 Å². The summed E-state index contributed by atoms with van der Waals surface area (Å²) in [6, 6.07) is 31.1. The van der Waals surface area contributed by atoms with Gasteiger partial charge in [-0.2, -0.15) is 0 Å². The number of hydrogen-bond donors (Lipinski definition) is 0. The Morgan fingerprint density at radius 2 is 1.31 bits per heavy atom. The van der Waals surface area contributed by atoms with Gasteiger partial charge in [0.25, 0.3) is 0 Å². The van der Waals surface area contributed by atoms with Crippen LogP contribution in [0.15, 0.2) is 101 Å². The first-order chi connectivity index (χ1) is 15.4. The first kappa shape index (κ1) is 22.3. The van der Waals surface area contributed by atoms with Crippen molar-refractivity contribution in [2.75, 3.05) is 6.61 Å². The second kappa shape index (κ2) is 9.33. The molecule has 0 radical (unpaired) electrons. The molecule has 0 saturated carbocycles. The fourth-order valence-electron chi connectivity index (χ4n) is 4.18. The molecule has 3 aromatic rings. The van der Waals surface area contributed by atoms with Crippen LogP contribution in [0.4, 0.5) is 0 Å². The minimum atomic E-state index is -3.71. The standard InChI is InChI=1S/C9H11O4.3C6H5.Sn/c1-4-6(10)13-7-8(11)12-5-9(7,2)3;3*1-2-4-6-5-3-1;/h1,4,7H,5H2,2-3H3;3*1-5H;. The third-order valence-electron chi connectivity index (χ3n) is 5.90. The molecule has 1 heterocycles. The molecule has 1 saturated heterocycles. The Labute approximate surface area is 192 Å². The number of cyclic esters (lactones) is 1. The number of hydrogen-bond acceptors (Lipinski definition) is 4. The van der Waals surface area contributed by atoms with Crippen molar-refractivity contribution in [1.82, 2.24) is 0 Å². The van der Waals surface area contributed by atoms with Gasteiger partial charge in [0.05, 0.1) is 0 Å². The summed E-state index contributed by atoms with van der Waals surface area (Å²) in [7, 11) is 0. The van der Waals surface area contributed by atoms with Gasteiger partial charge in [0, 0.05) is 0 Å². The molecule has 1 aliphatic rings. The number of rotatable bonds is 6. The summed E-state index contributed by atoms with van der Waals surface area (Å²) in [5, 5.41) is 0. The average Bonchev–Trinajstić information content (AvgIpc) is 3.08. The molecule has 5 heteroatoms. The quantitative estimate of drug-likeness (QED) is 0.278. The van der Waals surface area contributed by atoms with Gasteiger partial charge in [0.1, 0.15) is 0 Å². The van der Waals surface area contributed by atoms with Crippen molar-refractivity contribution in [2.24, 2.45) is 5.41 Å². The van der Waals surface area contributed by atoms with E-state index in [4.69, 9.17) is 9.47 Å². The van der Waals surface area contributed by atoms with Crippen LogP contribution in [0.25, 0.3) is 0 Å². The third-order valence-corrected chi connectivity index (χ3v) is 18.5. The van der Waals surface area contributed by atoms with Gasteiger partial charge in [-0.3, -0.25) is 0 Å². The molecule has 1 fully saturated rings. The predicted molar refractivity (Wildman–Crippen MR) is 128 cm³/mol. The van der Waals surface area contributed by atoms with Crippen molar-refractivity contribution >= 4 is 41.1 Å². The number of benzene rings is 3. The van der Waals surface area contributed by atoms with Crippen molar-refractivity contribution in [3.05, 3.63) is 101 Å². The second-order valence-electron chi connectivity index (χ2n) is 8.65. The Balaban J connectivity index is 1.79. The SMILES string of the molecule is CC1(C)COC(=O)C1OC(=O)/C=[CH]/[Sn]([c]1ccccc1)([c]1ccccc1)[c]1ccccc1. The summed E-state index contributed by atoms with van der Waals surface area (Å²) >= 11 is -3.71. The molecule has 1 atom stereocenters. The second-order valence-corrected chi connectivity index (χ2v) is 19.2. The molecule has 4 nitrogen and oxygen atoms in total. The number of carbonyl (C=O) groups excluding carboxylic acids is 2. The molecule has 0 aromatic heterocycles. The van der Waals surface area contributed by atoms with Crippen LogP contribution in [0.2, 0.25) is 0 Å². The van der Waals surface area contributed by atoms with Crippen molar-refractivity contribution in [2.45, 2.75) is 20.0 Å². The fourth-order valence-corrected chi connectivity index (χ4v) is 15.9. The molecule has 0 bridgehead atoms. The molecular formula is C27H26O4Sn. The predicted octanol–water partition coefficient (Wildman–Crippen LogP) is 2.75. The van der Waals surface area contributed by atoms with E-state index in [1.807, 2.05) is 68.4 Å². The molecule has 162 valence electrons. The molecule has 1 aliphatic heterocycles. The van der Waals surface area contributed by atoms with E-state index in [1.165, 1.54) is 16.8 Å². The molecule has 0 spiro atoms. The van der Waals surface area contributed by atoms with E-state index in [-0.39, 0.29) is 6.61 Å². The van der Waals surface area contributed by atoms with E-state index in [1.54, 1.807) is 0 Å². The van der Waals surface area contributed by atoms with E-state index >= 15 is 0 Å². The summed E-state index contributed by atoms with van der Waals surface area (Å²) in [4.78, 5) is 25.0. The van der Waals surface area contributed by atoms with Crippen LogP contribution in [-0.2, 0) is 19.1 Å². The summed E-state index contributed by atoms with van der Waals surface area (Å²) in [5.41, 5.74) is -0.542. The van der Waals surface area contributed by atoms with Crippen molar-refractivity contribution in [3.63, 3.8) is 0 Å². The van der Waals surface area contributed by atoms with Gasteiger partial charge in [0.15, 0.2) is 0 Å². The molecule has 0 amide bonds. The molecule has 0 N–H and O–H groups in total. The molecular weight excluding hydrogens is 507 g/mol. The van der Waals surface area contributed by atoms with E-state index in [0.717, 1.165) is 0 Å². The van der Waals surface area contributed by atoms with Crippen LogP contribution in [0, 0.1) is 5.41 Å². The van der Waals surface area contributed by atoms with Crippen LogP contribution < -0.4 is 10.7 Å². The Hall–Kier alpha value is -2.86. The fraction of sp³-hybridized carbons (Fsp3) is 0.185. The number of esters is 2. The molecule has 32 heavy (non-hydrogen) atoms. The van der Waals surface area contributed by atoms with Gasteiger partial charge in [-0.25, -0.2) is 0 Å². The summed E-state index contributed by atoms with van der Waals surface area (Å²) in [6.07, 6.45) is 0.625. The van der Waals surface area contributed by atoms with Crippen molar-refractivity contribution in [1.29, 1.82) is 0 Å². The number of ether oxygens (including phenoxy) is 2. The Morgan fingerprint density at radius 1 is 0.875 bits per heavy atom. The Bertz CT molecular complexity index is 1010. The molecule has 3 aromatic carbocycles. The molecule has 4 rings (SSSR count). The summed E-state index contributed by atoms with van der Waals surface area (Å²) in [6.45, 7) is 3.97. The van der Waals surface area contributed by atoms with E-state index < -0.39 is 41.8 Å². The van der Waals surface area contributed by atoms with Crippen molar-refractivity contribution in [3.8, 4) is 0 Å². The van der Waals surface area contributed by atoms with Gasteiger partial charge in [-0.15, -0.1) is 0 Å². The Morgan fingerprint density at radius 3 is 1.69 bits per heavy atom. The summed E-state index contributed by atoms with van der Waals surface area (Å²) < 4.78 is 16.4. The van der Waals surface area contributed by atoms with Crippen LogP contribution in [0.5, 0.6) is 0 Å². The maximum absolute atomic E-state index is 12.9. The maximum atomic E-state index is 12.9. The van der Waals surface area contributed by atoms with Crippen LogP contribution in [-0.4, -0.2) is 43.0 Å². The first-order valence-electron chi connectivity index (χ1n) is 10.7.